The number of rotatable bonds is 5. The van der Waals surface area contributed by atoms with Gasteiger partial charge in [0.15, 0.2) is 17.3 Å². The van der Waals surface area contributed by atoms with Gasteiger partial charge in [-0.15, -0.1) is 0 Å². The molecule has 1 aromatic heterocycles. The first-order chi connectivity index (χ1) is 9.96. The van der Waals surface area contributed by atoms with Crippen LogP contribution in [0.25, 0.3) is 0 Å². The number of methoxy groups -OCH3 is 2. The third-order valence-corrected chi connectivity index (χ3v) is 4.04. The second-order valence-electron chi connectivity index (χ2n) is 3.85. The second-order valence-corrected chi connectivity index (χ2v) is 5.92. The molecule has 2 rings (SSSR count). The number of aromatic nitrogens is 2. The third kappa shape index (κ3) is 3.53. The van der Waals surface area contributed by atoms with Gasteiger partial charge in [-0.25, -0.2) is 13.4 Å². The van der Waals surface area contributed by atoms with Gasteiger partial charge in [0.05, 0.1) is 31.5 Å². The van der Waals surface area contributed by atoms with Crippen LogP contribution in [0.5, 0.6) is 11.5 Å². The normalized spacial score (nSPS) is 11.0. The lowest BCUT2D eigenvalue weighted by atomic mass is 10.3. The van der Waals surface area contributed by atoms with Crippen molar-refractivity contribution in [3.63, 3.8) is 0 Å². The van der Waals surface area contributed by atoms with Crippen LogP contribution < -0.4 is 14.2 Å². The van der Waals surface area contributed by atoms with Crippen LogP contribution in [0, 0.1) is 0 Å². The molecule has 0 aliphatic rings. The van der Waals surface area contributed by atoms with Gasteiger partial charge in [0.25, 0.3) is 10.0 Å². The molecule has 0 spiro atoms. The quantitative estimate of drug-likeness (QED) is 0.901. The summed E-state index contributed by atoms with van der Waals surface area (Å²) in [5.41, 5.74) is 0. The lowest BCUT2D eigenvalue weighted by Crippen LogP contribution is -2.14. The highest BCUT2D eigenvalue weighted by atomic mass is 35.5. The number of halogens is 1. The van der Waals surface area contributed by atoms with E-state index in [1.807, 2.05) is 0 Å². The molecule has 7 nitrogen and oxygen atoms in total. The number of nitrogens with zero attached hydrogens (tertiary/aromatic N) is 2. The van der Waals surface area contributed by atoms with E-state index in [9.17, 15) is 8.42 Å². The monoisotopic (exact) mass is 329 g/mol. The fourth-order valence-corrected chi connectivity index (χ4v) is 2.72. The summed E-state index contributed by atoms with van der Waals surface area (Å²) in [5.74, 6) is 0.758. The van der Waals surface area contributed by atoms with Crippen molar-refractivity contribution in [1.29, 1.82) is 0 Å². The number of benzene rings is 1. The molecule has 0 atom stereocenters. The molecule has 1 heterocycles. The van der Waals surface area contributed by atoms with E-state index >= 15 is 0 Å². The molecule has 2 aromatic rings. The minimum Gasteiger partial charge on any atom is -0.493 e. The van der Waals surface area contributed by atoms with Gasteiger partial charge >= 0.3 is 0 Å². The van der Waals surface area contributed by atoms with Gasteiger partial charge in [0.2, 0.25) is 0 Å². The van der Waals surface area contributed by atoms with Crippen LogP contribution in [-0.4, -0.2) is 32.6 Å². The summed E-state index contributed by atoms with van der Waals surface area (Å²) >= 11 is 5.66. The second kappa shape index (κ2) is 6.15. The highest BCUT2D eigenvalue weighted by molar-refractivity contribution is 7.92. The summed E-state index contributed by atoms with van der Waals surface area (Å²) < 4.78 is 36.9. The highest BCUT2D eigenvalue weighted by Crippen LogP contribution is 2.29. The molecule has 0 bridgehead atoms. The summed E-state index contributed by atoms with van der Waals surface area (Å²) in [7, 11) is -0.949. The number of anilines is 1. The number of nitrogens with one attached hydrogen (secondary N) is 1. The zero-order valence-electron chi connectivity index (χ0n) is 11.2. The molecule has 9 heteroatoms. The van der Waals surface area contributed by atoms with Crippen LogP contribution in [0.1, 0.15) is 0 Å². The Labute approximate surface area is 126 Å². The Morgan fingerprint density at radius 1 is 1.14 bits per heavy atom. The van der Waals surface area contributed by atoms with Gasteiger partial charge in [0, 0.05) is 6.07 Å². The Kier molecular flexibility index (Phi) is 4.49. The Hall–Kier alpha value is -2.06. The highest BCUT2D eigenvalue weighted by Gasteiger charge is 2.18. The number of hydrogen-bond acceptors (Lipinski definition) is 6. The SMILES string of the molecule is COc1ccc(S(=O)(=O)Nc2cncc(Cl)n2)cc1OC. The molecule has 112 valence electrons. The molecule has 1 aromatic carbocycles. The zero-order valence-corrected chi connectivity index (χ0v) is 12.8. The summed E-state index contributed by atoms with van der Waals surface area (Å²) in [6, 6.07) is 4.23. The molecule has 21 heavy (non-hydrogen) atoms. The maximum Gasteiger partial charge on any atom is 0.263 e. The molecule has 0 saturated heterocycles. The predicted octanol–water partition coefficient (Wildman–Crippen LogP) is 1.95. The minimum absolute atomic E-state index is 0.00178. The van der Waals surface area contributed by atoms with Gasteiger partial charge in [-0.3, -0.25) is 9.71 Å². The van der Waals surface area contributed by atoms with Crippen LogP contribution in [-0.2, 0) is 10.0 Å². The van der Waals surface area contributed by atoms with Crippen molar-refractivity contribution in [1.82, 2.24) is 9.97 Å². The van der Waals surface area contributed by atoms with Crippen LogP contribution in [0.15, 0.2) is 35.5 Å². The van der Waals surface area contributed by atoms with E-state index < -0.39 is 10.0 Å². The van der Waals surface area contributed by atoms with Crippen LogP contribution in [0.4, 0.5) is 5.82 Å². The summed E-state index contributed by atoms with van der Waals surface area (Å²) in [5, 5.41) is 0.0857. The van der Waals surface area contributed by atoms with Crippen LogP contribution >= 0.6 is 11.6 Å². The number of ether oxygens (including phenoxy) is 2. The average molecular weight is 330 g/mol. The molecule has 0 aliphatic carbocycles. The van der Waals surface area contributed by atoms with Gasteiger partial charge in [-0.2, -0.15) is 0 Å². The van der Waals surface area contributed by atoms with Crippen molar-refractivity contribution in [3.05, 3.63) is 35.7 Å². The fraction of sp³-hybridized carbons (Fsp3) is 0.167. The first-order valence-corrected chi connectivity index (χ1v) is 7.55. The first-order valence-electron chi connectivity index (χ1n) is 5.68. The number of hydrogen-bond donors (Lipinski definition) is 1. The van der Waals surface area contributed by atoms with Crippen molar-refractivity contribution >= 4 is 27.4 Å². The maximum absolute atomic E-state index is 12.3. The molecule has 0 saturated carbocycles. The summed E-state index contributed by atoms with van der Waals surface area (Å²) in [6.45, 7) is 0. The van der Waals surface area contributed by atoms with Gasteiger partial charge in [0.1, 0.15) is 5.15 Å². The largest absolute Gasteiger partial charge is 0.493 e. The summed E-state index contributed by atoms with van der Waals surface area (Å²) in [4.78, 5) is 7.58. The molecular formula is C12H12ClN3O4S. The van der Waals surface area contributed by atoms with E-state index in [0.717, 1.165) is 0 Å². The lowest BCUT2D eigenvalue weighted by Gasteiger charge is -2.11. The molecule has 0 amide bonds. The molecule has 0 unspecified atom stereocenters. The van der Waals surface area contributed by atoms with E-state index in [0.29, 0.717) is 11.5 Å². The van der Waals surface area contributed by atoms with Crippen molar-refractivity contribution in [2.75, 3.05) is 18.9 Å². The zero-order chi connectivity index (χ0) is 15.5. The Morgan fingerprint density at radius 3 is 2.48 bits per heavy atom. The maximum atomic E-state index is 12.3. The third-order valence-electron chi connectivity index (χ3n) is 2.51. The van der Waals surface area contributed by atoms with E-state index in [-0.39, 0.29) is 15.9 Å². The van der Waals surface area contributed by atoms with Crippen molar-refractivity contribution in [2.24, 2.45) is 0 Å². The Morgan fingerprint density at radius 2 is 1.86 bits per heavy atom. The Balaban J connectivity index is 2.35. The van der Waals surface area contributed by atoms with E-state index in [2.05, 4.69) is 14.7 Å². The van der Waals surface area contributed by atoms with E-state index in [1.54, 1.807) is 0 Å². The van der Waals surface area contributed by atoms with Crippen LogP contribution in [0.3, 0.4) is 0 Å². The Bertz CT molecular complexity index is 752. The van der Waals surface area contributed by atoms with Gasteiger partial charge < -0.3 is 9.47 Å². The molecule has 0 aliphatic heterocycles. The van der Waals surface area contributed by atoms with Gasteiger partial charge in [-0.1, -0.05) is 11.6 Å². The van der Waals surface area contributed by atoms with Crippen molar-refractivity contribution < 1.29 is 17.9 Å². The minimum atomic E-state index is -3.83. The van der Waals surface area contributed by atoms with Crippen molar-refractivity contribution in [2.45, 2.75) is 4.90 Å². The molecule has 0 fully saturated rings. The molecule has 1 N–H and O–H groups in total. The number of sulfonamides is 1. The molecule has 0 radical (unpaired) electrons. The van der Waals surface area contributed by atoms with E-state index in [1.165, 1.54) is 44.8 Å². The van der Waals surface area contributed by atoms with Crippen LogP contribution in [0.2, 0.25) is 5.15 Å². The van der Waals surface area contributed by atoms with Crippen molar-refractivity contribution in [3.8, 4) is 11.5 Å². The summed E-state index contributed by atoms with van der Waals surface area (Å²) in [6.07, 6.45) is 2.56. The molecular weight excluding hydrogens is 318 g/mol. The van der Waals surface area contributed by atoms with Gasteiger partial charge in [-0.05, 0) is 12.1 Å². The smallest absolute Gasteiger partial charge is 0.263 e. The first kappa shape index (κ1) is 15.3. The predicted molar refractivity (Wildman–Crippen MR) is 77.4 cm³/mol. The fourth-order valence-electron chi connectivity index (χ4n) is 1.57. The lowest BCUT2D eigenvalue weighted by molar-refractivity contribution is 0.354. The van der Waals surface area contributed by atoms with E-state index in [4.69, 9.17) is 21.1 Å². The standard InChI is InChI=1S/C12H12ClN3O4S/c1-19-9-4-3-8(5-10(9)20-2)21(17,18)16-12-7-14-6-11(13)15-12/h3-7H,1-2H3,(H,15,16). The topological polar surface area (TPSA) is 90.4 Å². The average Bonchev–Trinajstić information content (AvgIpc) is 2.46.